The Bertz CT molecular complexity index is 863. The summed E-state index contributed by atoms with van der Waals surface area (Å²) in [5.41, 5.74) is 2.52. The molecule has 0 spiro atoms. The molecular weight excluding hydrogens is 527 g/mol. The number of guanidine groups is 1. The maximum Gasteiger partial charge on any atom is 0.191 e. The lowest BCUT2D eigenvalue weighted by molar-refractivity contribution is 0.0529. The average molecular weight is 565 g/mol. The highest BCUT2D eigenvalue weighted by molar-refractivity contribution is 14.0. The zero-order valence-corrected chi connectivity index (χ0v) is 22.1. The first-order valence-corrected chi connectivity index (χ1v) is 11.8. The number of hydrogen-bond donors (Lipinski definition) is 2. The van der Waals surface area contributed by atoms with Crippen LogP contribution in [0.15, 0.2) is 53.7 Å². The first-order valence-electron chi connectivity index (χ1n) is 11.8. The molecule has 2 N–H and O–H groups in total. The molecule has 2 aromatic rings. The summed E-state index contributed by atoms with van der Waals surface area (Å²) in [6.07, 6.45) is 4.69. The molecule has 0 amide bonds. The van der Waals surface area contributed by atoms with Crippen LogP contribution in [0.5, 0.6) is 0 Å². The molecule has 180 valence electrons. The van der Waals surface area contributed by atoms with Crippen molar-refractivity contribution in [3.05, 3.63) is 59.8 Å². The number of aliphatic imine (C=N–C) groups is 1. The molecule has 2 fully saturated rings. The van der Waals surface area contributed by atoms with Crippen LogP contribution in [-0.2, 0) is 17.8 Å². The van der Waals surface area contributed by atoms with Crippen LogP contribution in [0.4, 0.5) is 5.82 Å². The molecule has 0 aliphatic carbocycles. The number of pyridine rings is 1. The van der Waals surface area contributed by atoms with Crippen LogP contribution >= 0.6 is 24.0 Å². The topological polar surface area (TPSA) is 65.0 Å². The minimum atomic E-state index is 0. The van der Waals surface area contributed by atoms with Crippen LogP contribution in [0.25, 0.3) is 0 Å². The van der Waals surface area contributed by atoms with Crippen LogP contribution in [0.2, 0.25) is 0 Å². The van der Waals surface area contributed by atoms with Crippen molar-refractivity contribution in [1.82, 2.24) is 20.5 Å². The number of aromatic nitrogens is 1. The van der Waals surface area contributed by atoms with Crippen molar-refractivity contribution >= 4 is 35.8 Å². The minimum Gasteiger partial charge on any atom is -0.375 e. The average Bonchev–Trinajstić information content (AvgIpc) is 3.27. The van der Waals surface area contributed by atoms with Crippen molar-refractivity contribution < 1.29 is 4.74 Å². The summed E-state index contributed by atoms with van der Waals surface area (Å²) >= 11 is 0. The van der Waals surface area contributed by atoms with Gasteiger partial charge in [-0.3, -0.25) is 9.89 Å². The molecule has 2 unspecified atom stereocenters. The number of anilines is 1. The first kappa shape index (κ1) is 25.7. The first-order chi connectivity index (χ1) is 15.7. The molecule has 0 saturated carbocycles. The maximum atomic E-state index is 5.62. The summed E-state index contributed by atoms with van der Waals surface area (Å²) in [4.78, 5) is 13.9. The van der Waals surface area contributed by atoms with Gasteiger partial charge in [0.05, 0.1) is 12.7 Å². The Morgan fingerprint density at radius 3 is 2.70 bits per heavy atom. The molecule has 2 aliphatic heterocycles. The summed E-state index contributed by atoms with van der Waals surface area (Å²) in [7, 11) is 1.83. The molecule has 2 saturated heterocycles. The highest BCUT2D eigenvalue weighted by Gasteiger charge is 2.24. The molecule has 0 radical (unpaired) electrons. The summed E-state index contributed by atoms with van der Waals surface area (Å²) in [6, 6.07) is 15.5. The van der Waals surface area contributed by atoms with Gasteiger partial charge in [0.25, 0.3) is 0 Å². The van der Waals surface area contributed by atoms with E-state index in [0.717, 1.165) is 56.7 Å². The number of hydrogen-bond acceptors (Lipinski definition) is 5. The third-order valence-corrected chi connectivity index (χ3v) is 6.29. The van der Waals surface area contributed by atoms with E-state index >= 15 is 0 Å². The molecule has 4 rings (SSSR count). The lowest BCUT2D eigenvalue weighted by Gasteiger charge is -2.32. The lowest BCUT2D eigenvalue weighted by atomic mass is 10.2. The van der Waals surface area contributed by atoms with Crippen molar-refractivity contribution in [2.45, 2.75) is 45.0 Å². The Morgan fingerprint density at radius 1 is 1.12 bits per heavy atom. The van der Waals surface area contributed by atoms with Gasteiger partial charge >= 0.3 is 0 Å². The molecule has 0 bridgehead atoms. The Balaban J connectivity index is 0.00000306. The molecule has 1 aromatic carbocycles. The maximum absolute atomic E-state index is 5.62. The Kier molecular flexibility index (Phi) is 10.2. The fourth-order valence-corrected chi connectivity index (χ4v) is 4.51. The SMILES string of the molecule is CN=C(NCc1ccc(N2CCOC(C)C2)nc1)NCC1CCCN1Cc1ccccc1.I. The fraction of sp³-hybridized carbons (Fsp3) is 0.520. The van der Waals surface area contributed by atoms with Gasteiger partial charge in [-0.15, -0.1) is 24.0 Å². The van der Waals surface area contributed by atoms with Gasteiger partial charge in [-0.05, 0) is 43.5 Å². The van der Waals surface area contributed by atoms with Gasteiger partial charge in [-0.25, -0.2) is 4.98 Å². The van der Waals surface area contributed by atoms with E-state index in [1.54, 1.807) is 0 Å². The number of likely N-dealkylation sites (tertiary alicyclic amines) is 1. The number of halogens is 1. The number of ether oxygens (including phenoxy) is 1. The van der Waals surface area contributed by atoms with Crippen LogP contribution in [0.3, 0.4) is 0 Å². The van der Waals surface area contributed by atoms with E-state index in [-0.39, 0.29) is 30.1 Å². The van der Waals surface area contributed by atoms with Crippen molar-refractivity contribution in [3.8, 4) is 0 Å². The van der Waals surface area contributed by atoms with Gasteiger partial charge in [0.15, 0.2) is 5.96 Å². The largest absolute Gasteiger partial charge is 0.375 e. The quantitative estimate of drug-likeness (QED) is 0.306. The molecule has 3 heterocycles. The summed E-state index contributed by atoms with van der Waals surface area (Å²) in [5.74, 6) is 1.86. The molecule has 2 atom stereocenters. The van der Waals surface area contributed by atoms with Crippen molar-refractivity contribution in [1.29, 1.82) is 0 Å². The van der Waals surface area contributed by atoms with Gasteiger partial charge in [0, 0.05) is 52.0 Å². The summed E-state index contributed by atoms with van der Waals surface area (Å²) in [5, 5.41) is 6.95. The Hall–Kier alpha value is -1.91. The van der Waals surface area contributed by atoms with Crippen molar-refractivity contribution in [2.24, 2.45) is 4.99 Å². The zero-order chi connectivity index (χ0) is 22.2. The van der Waals surface area contributed by atoms with Gasteiger partial charge < -0.3 is 20.3 Å². The van der Waals surface area contributed by atoms with Crippen LogP contribution < -0.4 is 15.5 Å². The number of rotatable bonds is 7. The van der Waals surface area contributed by atoms with Gasteiger partial charge in [-0.2, -0.15) is 0 Å². The van der Waals surface area contributed by atoms with E-state index in [1.165, 1.54) is 18.4 Å². The second-order valence-corrected chi connectivity index (χ2v) is 8.71. The Labute approximate surface area is 215 Å². The molecule has 2 aliphatic rings. The predicted octanol–water partition coefficient (Wildman–Crippen LogP) is 3.25. The second kappa shape index (κ2) is 13.1. The predicted molar refractivity (Wildman–Crippen MR) is 145 cm³/mol. The van der Waals surface area contributed by atoms with Gasteiger partial charge in [-0.1, -0.05) is 36.4 Å². The van der Waals surface area contributed by atoms with Crippen LogP contribution in [0.1, 0.15) is 30.9 Å². The van der Waals surface area contributed by atoms with E-state index < -0.39 is 0 Å². The van der Waals surface area contributed by atoms with Gasteiger partial charge in [0.2, 0.25) is 0 Å². The monoisotopic (exact) mass is 564 g/mol. The van der Waals surface area contributed by atoms with E-state index in [2.05, 4.69) is 79.8 Å². The molecule has 8 heteroatoms. The van der Waals surface area contributed by atoms with Crippen LogP contribution in [0, 0.1) is 0 Å². The lowest BCUT2D eigenvalue weighted by Crippen LogP contribution is -2.44. The van der Waals surface area contributed by atoms with E-state index in [0.29, 0.717) is 12.6 Å². The summed E-state index contributed by atoms with van der Waals surface area (Å²) in [6.45, 7) is 8.43. The molecular formula is C25H37IN6O. The Morgan fingerprint density at radius 2 is 1.97 bits per heavy atom. The molecule has 33 heavy (non-hydrogen) atoms. The minimum absolute atomic E-state index is 0. The number of benzene rings is 1. The highest BCUT2D eigenvalue weighted by Crippen LogP contribution is 2.19. The zero-order valence-electron chi connectivity index (χ0n) is 19.7. The van der Waals surface area contributed by atoms with Crippen molar-refractivity contribution in [3.63, 3.8) is 0 Å². The van der Waals surface area contributed by atoms with Crippen LogP contribution in [-0.4, -0.2) is 67.8 Å². The number of morpholine rings is 1. The highest BCUT2D eigenvalue weighted by atomic mass is 127. The number of nitrogens with one attached hydrogen (secondary N) is 2. The number of nitrogens with zero attached hydrogens (tertiary/aromatic N) is 4. The smallest absolute Gasteiger partial charge is 0.191 e. The molecule has 1 aromatic heterocycles. The summed E-state index contributed by atoms with van der Waals surface area (Å²) < 4.78 is 5.62. The van der Waals surface area contributed by atoms with Gasteiger partial charge in [0.1, 0.15) is 5.82 Å². The molecule has 7 nitrogen and oxygen atoms in total. The van der Waals surface area contributed by atoms with E-state index in [1.807, 2.05) is 13.2 Å². The second-order valence-electron chi connectivity index (χ2n) is 8.71. The van der Waals surface area contributed by atoms with E-state index in [9.17, 15) is 0 Å². The third kappa shape index (κ3) is 7.55. The fourth-order valence-electron chi connectivity index (χ4n) is 4.51. The van der Waals surface area contributed by atoms with E-state index in [4.69, 9.17) is 4.74 Å². The normalized spacial score (nSPS) is 21.5. The standard InChI is InChI=1S/C25H36N6O.HI/c1-20-18-31(13-14-32-20)24-11-10-22(15-27-24)16-28-25(26-2)29-17-23-9-6-12-30(23)19-21-7-4-3-5-8-21;/h3-5,7-8,10-11,15,20,23H,6,9,12-14,16-19H2,1-2H3,(H2,26,28,29);1H. The van der Waals surface area contributed by atoms with Crippen molar-refractivity contribution in [2.75, 3.05) is 44.7 Å². The third-order valence-electron chi connectivity index (χ3n) is 6.29.